The highest BCUT2D eigenvalue weighted by molar-refractivity contribution is 5.85. The number of esters is 1. The van der Waals surface area contributed by atoms with Crippen molar-refractivity contribution in [3.63, 3.8) is 0 Å². The minimum absolute atomic E-state index is 0.0115. The highest BCUT2D eigenvalue weighted by Gasteiger charge is 2.53. The van der Waals surface area contributed by atoms with Gasteiger partial charge in [0.05, 0.1) is 5.92 Å². The van der Waals surface area contributed by atoms with E-state index in [1.165, 1.54) is 22.3 Å². The van der Waals surface area contributed by atoms with Crippen LogP contribution in [0, 0.1) is 11.8 Å². The van der Waals surface area contributed by atoms with Gasteiger partial charge in [-0.1, -0.05) is 66.2 Å². The maximum atomic E-state index is 12.3. The van der Waals surface area contributed by atoms with Crippen LogP contribution in [0.4, 0.5) is 0 Å². The molecular weight excluding hydrogens is 296 g/mol. The zero-order valence-corrected chi connectivity index (χ0v) is 14.2. The fraction of sp³-hybridized carbons (Fsp3) is 0.318. The fourth-order valence-electron chi connectivity index (χ4n) is 4.28. The number of carbonyl (C=O) groups is 1. The van der Waals surface area contributed by atoms with Crippen LogP contribution >= 0.6 is 0 Å². The minimum atomic E-state index is -0.359. The number of hydrogen-bond acceptors (Lipinski definition) is 2. The third kappa shape index (κ3) is 2.47. The lowest BCUT2D eigenvalue weighted by Crippen LogP contribution is -2.27. The van der Waals surface area contributed by atoms with E-state index in [1.807, 2.05) is 26.0 Å². The molecule has 2 atom stereocenters. The van der Waals surface area contributed by atoms with Crippen LogP contribution in [0.3, 0.4) is 0 Å². The molecule has 2 fully saturated rings. The normalized spacial score (nSPS) is 24.6. The Hall–Kier alpha value is -2.35. The third-order valence-corrected chi connectivity index (χ3v) is 5.46. The Morgan fingerprint density at radius 1 is 0.917 bits per heavy atom. The van der Waals surface area contributed by atoms with Gasteiger partial charge in [0, 0.05) is 5.92 Å². The smallest absolute Gasteiger partial charge is 0.310 e. The van der Waals surface area contributed by atoms with Crippen molar-refractivity contribution in [3.8, 4) is 0 Å². The second-order valence-corrected chi connectivity index (χ2v) is 7.36. The summed E-state index contributed by atoms with van der Waals surface area (Å²) in [6, 6.07) is 21.0. The van der Waals surface area contributed by atoms with E-state index < -0.39 is 0 Å². The second-order valence-electron chi connectivity index (χ2n) is 7.36. The molecule has 1 saturated heterocycles. The quantitative estimate of drug-likeness (QED) is 0.740. The molecule has 1 aliphatic carbocycles. The Morgan fingerprint density at radius 2 is 1.46 bits per heavy atom. The van der Waals surface area contributed by atoms with Crippen LogP contribution in [0.5, 0.6) is 0 Å². The lowest BCUT2D eigenvalue weighted by Gasteiger charge is -2.23. The van der Waals surface area contributed by atoms with Gasteiger partial charge in [-0.05, 0) is 43.4 Å². The molecule has 0 aromatic heterocycles. The first-order valence-electron chi connectivity index (χ1n) is 8.62. The summed E-state index contributed by atoms with van der Waals surface area (Å²) in [7, 11) is 0. The standard InChI is InChI=1S/C22H22O2/c1-22(2)19-14-17(13-18(19)21(23)24-22)20(15-9-5-3-6-10-15)16-11-7-4-8-12-16/h3-12,18-19H,13-14H2,1-2H3. The van der Waals surface area contributed by atoms with E-state index in [2.05, 4.69) is 48.5 Å². The molecule has 0 N–H and O–H groups in total. The summed E-state index contributed by atoms with van der Waals surface area (Å²) in [5.74, 6) is 0.264. The molecule has 1 saturated carbocycles. The molecule has 24 heavy (non-hydrogen) atoms. The molecule has 2 aromatic rings. The van der Waals surface area contributed by atoms with Gasteiger partial charge < -0.3 is 4.74 Å². The van der Waals surface area contributed by atoms with Gasteiger partial charge in [0.1, 0.15) is 5.60 Å². The van der Waals surface area contributed by atoms with Crippen LogP contribution in [-0.2, 0) is 9.53 Å². The number of cyclic esters (lactones) is 1. The third-order valence-electron chi connectivity index (χ3n) is 5.46. The van der Waals surface area contributed by atoms with E-state index in [4.69, 9.17) is 4.74 Å². The van der Waals surface area contributed by atoms with Crippen molar-refractivity contribution in [2.24, 2.45) is 11.8 Å². The van der Waals surface area contributed by atoms with Crippen LogP contribution in [0.1, 0.15) is 37.8 Å². The molecule has 1 aliphatic heterocycles. The molecule has 2 heteroatoms. The number of allylic oxidation sites excluding steroid dienone is 1. The highest BCUT2D eigenvalue weighted by Crippen LogP contribution is 2.51. The monoisotopic (exact) mass is 318 g/mol. The molecule has 4 rings (SSSR count). The second kappa shape index (κ2) is 5.62. The van der Waals surface area contributed by atoms with Gasteiger partial charge in [0.25, 0.3) is 0 Å². The average molecular weight is 318 g/mol. The molecule has 1 heterocycles. The molecule has 2 unspecified atom stereocenters. The molecule has 2 aromatic carbocycles. The van der Waals surface area contributed by atoms with Crippen LogP contribution in [0.15, 0.2) is 66.2 Å². The predicted octanol–water partition coefficient (Wildman–Crippen LogP) is 4.85. The van der Waals surface area contributed by atoms with E-state index in [9.17, 15) is 4.79 Å². The Kier molecular flexibility index (Phi) is 3.56. The molecule has 122 valence electrons. The zero-order chi connectivity index (χ0) is 16.7. The number of carbonyl (C=O) groups excluding carboxylic acids is 1. The highest BCUT2D eigenvalue weighted by atomic mass is 16.6. The zero-order valence-electron chi connectivity index (χ0n) is 14.2. The Labute approximate surface area is 143 Å². The summed E-state index contributed by atoms with van der Waals surface area (Å²) < 4.78 is 5.59. The van der Waals surface area contributed by atoms with Crippen molar-refractivity contribution in [1.82, 2.24) is 0 Å². The van der Waals surface area contributed by atoms with Gasteiger partial charge in [-0.15, -0.1) is 0 Å². The minimum Gasteiger partial charge on any atom is -0.459 e. The van der Waals surface area contributed by atoms with Gasteiger partial charge in [0.2, 0.25) is 0 Å². The summed E-state index contributed by atoms with van der Waals surface area (Å²) in [5, 5.41) is 0. The van der Waals surface area contributed by atoms with E-state index in [0.29, 0.717) is 0 Å². The summed E-state index contributed by atoms with van der Waals surface area (Å²) in [6.07, 6.45) is 1.74. The van der Waals surface area contributed by atoms with Crippen LogP contribution in [0.2, 0.25) is 0 Å². The van der Waals surface area contributed by atoms with Crippen molar-refractivity contribution >= 4 is 11.5 Å². The average Bonchev–Trinajstić information content (AvgIpc) is 3.10. The fourth-order valence-corrected chi connectivity index (χ4v) is 4.28. The van der Waals surface area contributed by atoms with Gasteiger partial charge in [0.15, 0.2) is 0 Å². The van der Waals surface area contributed by atoms with Crippen molar-refractivity contribution in [2.45, 2.75) is 32.3 Å². The van der Waals surface area contributed by atoms with E-state index in [0.717, 1.165) is 12.8 Å². The Balaban J connectivity index is 1.83. The van der Waals surface area contributed by atoms with E-state index in [-0.39, 0.29) is 23.4 Å². The first kappa shape index (κ1) is 15.2. The Bertz CT molecular complexity index is 746. The number of fused-ring (bicyclic) bond motifs is 1. The van der Waals surface area contributed by atoms with Crippen LogP contribution in [-0.4, -0.2) is 11.6 Å². The molecule has 2 aliphatic rings. The van der Waals surface area contributed by atoms with Crippen molar-refractivity contribution in [1.29, 1.82) is 0 Å². The predicted molar refractivity (Wildman–Crippen MR) is 95.3 cm³/mol. The van der Waals surface area contributed by atoms with Crippen molar-refractivity contribution < 1.29 is 9.53 Å². The van der Waals surface area contributed by atoms with Crippen molar-refractivity contribution in [3.05, 3.63) is 77.4 Å². The summed E-state index contributed by atoms with van der Waals surface area (Å²) in [6.45, 7) is 4.09. The van der Waals surface area contributed by atoms with E-state index >= 15 is 0 Å². The number of ether oxygens (including phenoxy) is 1. The van der Waals surface area contributed by atoms with Gasteiger partial charge in [-0.25, -0.2) is 0 Å². The number of rotatable bonds is 2. The summed E-state index contributed by atoms with van der Waals surface area (Å²) in [4.78, 5) is 12.3. The molecule has 0 spiro atoms. The summed E-state index contributed by atoms with van der Waals surface area (Å²) in [5.41, 5.74) is 4.76. The van der Waals surface area contributed by atoms with Gasteiger partial charge >= 0.3 is 5.97 Å². The lowest BCUT2D eigenvalue weighted by molar-refractivity contribution is -0.149. The SMILES string of the molecule is CC1(C)OC(=O)C2CC(=C(c3ccccc3)c3ccccc3)CC21. The van der Waals surface area contributed by atoms with Gasteiger partial charge in [-0.2, -0.15) is 0 Å². The van der Waals surface area contributed by atoms with Crippen molar-refractivity contribution in [2.75, 3.05) is 0 Å². The maximum Gasteiger partial charge on any atom is 0.310 e. The van der Waals surface area contributed by atoms with Crippen LogP contribution in [0.25, 0.3) is 5.57 Å². The first-order chi connectivity index (χ1) is 11.6. The first-order valence-corrected chi connectivity index (χ1v) is 8.62. The summed E-state index contributed by atoms with van der Waals surface area (Å²) >= 11 is 0. The van der Waals surface area contributed by atoms with E-state index in [1.54, 1.807) is 0 Å². The maximum absolute atomic E-state index is 12.3. The topological polar surface area (TPSA) is 26.3 Å². The van der Waals surface area contributed by atoms with Crippen LogP contribution < -0.4 is 0 Å². The molecule has 0 bridgehead atoms. The lowest BCUT2D eigenvalue weighted by atomic mass is 9.85. The number of benzene rings is 2. The van der Waals surface area contributed by atoms with Gasteiger partial charge in [-0.3, -0.25) is 4.79 Å². The molecule has 0 radical (unpaired) electrons. The molecular formula is C22H22O2. The Morgan fingerprint density at radius 3 is 1.96 bits per heavy atom. The molecule has 0 amide bonds. The number of hydrogen-bond donors (Lipinski definition) is 0. The largest absolute Gasteiger partial charge is 0.459 e. The molecule has 2 nitrogen and oxygen atoms in total.